The monoisotopic (exact) mass is 410 g/mol. The summed E-state index contributed by atoms with van der Waals surface area (Å²) in [5.74, 6) is 1.10. The van der Waals surface area contributed by atoms with Crippen molar-refractivity contribution < 1.29 is 9.59 Å². The number of para-hydroxylation sites is 2. The second kappa shape index (κ2) is 7.99. The Morgan fingerprint density at radius 2 is 2.00 bits per heavy atom. The van der Waals surface area contributed by atoms with Crippen molar-refractivity contribution in [2.75, 3.05) is 13.1 Å². The van der Waals surface area contributed by atoms with E-state index in [2.05, 4.69) is 15.3 Å². The number of benzene rings is 1. The van der Waals surface area contributed by atoms with Gasteiger partial charge in [0.15, 0.2) is 0 Å². The number of carbonyl (C=O) groups is 2. The average molecular weight is 411 g/mol. The number of imidazole rings is 1. The van der Waals surface area contributed by atoms with Crippen LogP contribution in [0.5, 0.6) is 0 Å². The lowest BCUT2D eigenvalue weighted by Gasteiger charge is -2.17. The Bertz CT molecular complexity index is 1000. The molecule has 1 fully saturated rings. The summed E-state index contributed by atoms with van der Waals surface area (Å²) < 4.78 is 0. The molecule has 29 heavy (non-hydrogen) atoms. The number of hydrogen-bond donors (Lipinski definition) is 2. The molecule has 0 bridgehead atoms. The highest BCUT2D eigenvalue weighted by atomic mass is 32.1. The number of nitrogens with one attached hydrogen (secondary N) is 2. The Morgan fingerprint density at radius 1 is 1.24 bits per heavy atom. The minimum absolute atomic E-state index is 0.0465. The SMILES string of the molecule is CCN(CC)C(=O)c1ccc([C@@H](C)NC(=O)[C@H]2C[C@@H]2c2nc3ccccc3[nH]2)s1. The van der Waals surface area contributed by atoms with Gasteiger partial charge >= 0.3 is 0 Å². The summed E-state index contributed by atoms with van der Waals surface area (Å²) >= 11 is 1.46. The first-order chi connectivity index (χ1) is 14.0. The molecule has 152 valence electrons. The van der Waals surface area contributed by atoms with Crippen LogP contribution in [0.25, 0.3) is 11.0 Å². The molecule has 0 unspecified atom stereocenters. The molecule has 0 radical (unpaired) electrons. The molecule has 1 saturated carbocycles. The molecule has 1 aromatic carbocycles. The summed E-state index contributed by atoms with van der Waals surface area (Å²) in [4.78, 5) is 36.7. The number of thiophene rings is 1. The number of fused-ring (bicyclic) bond motifs is 1. The molecule has 6 nitrogen and oxygen atoms in total. The largest absolute Gasteiger partial charge is 0.349 e. The van der Waals surface area contributed by atoms with Gasteiger partial charge in [0.25, 0.3) is 5.91 Å². The van der Waals surface area contributed by atoms with Crippen molar-refractivity contribution in [1.29, 1.82) is 0 Å². The summed E-state index contributed by atoms with van der Waals surface area (Å²) in [5.41, 5.74) is 1.94. The number of carbonyl (C=O) groups excluding carboxylic acids is 2. The van der Waals surface area contributed by atoms with E-state index >= 15 is 0 Å². The predicted octanol–water partition coefficient (Wildman–Crippen LogP) is 4.09. The van der Waals surface area contributed by atoms with E-state index in [1.165, 1.54) is 11.3 Å². The number of amides is 2. The van der Waals surface area contributed by atoms with Gasteiger partial charge in [-0.1, -0.05) is 12.1 Å². The van der Waals surface area contributed by atoms with Crippen LogP contribution in [-0.4, -0.2) is 39.8 Å². The zero-order chi connectivity index (χ0) is 20.5. The van der Waals surface area contributed by atoms with Crippen LogP contribution >= 0.6 is 11.3 Å². The van der Waals surface area contributed by atoms with Crippen molar-refractivity contribution in [3.8, 4) is 0 Å². The fourth-order valence-corrected chi connectivity index (χ4v) is 4.67. The quantitative estimate of drug-likeness (QED) is 0.616. The van der Waals surface area contributed by atoms with Gasteiger partial charge in [0, 0.05) is 29.8 Å². The van der Waals surface area contributed by atoms with Crippen LogP contribution in [0.4, 0.5) is 0 Å². The molecular formula is C22H26N4O2S. The average Bonchev–Trinajstić information content (AvgIpc) is 3.17. The van der Waals surface area contributed by atoms with Crippen LogP contribution in [0.3, 0.4) is 0 Å². The van der Waals surface area contributed by atoms with Gasteiger partial charge in [0.05, 0.1) is 22.0 Å². The first kappa shape index (κ1) is 19.6. The van der Waals surface area contributed by atoms with Gasteiger partial charge in [-0.3, -0.25) is 9.59 Å². The van der Waals surface area contributed by atoms with Gasteiger partial charge in [0.1, 0.15) is 5.82 Å². The number of nitrogens with zero attached hydrogens (tertiary/aromatic N) is 2. The van der Waals surface area contributed by atoms with Gasteiger partial charge in [0.2, 0.25) is 5.91 Å². The molecule has 1 aliphatic rings. The van der Waals surface area contributed by atoms with Crippen LogP contribution < -0.4 is 5.32 Å². The lowest BCUT2D eigenvalue weighted by Crippen LogP contribution is -2.29. The molecule has 2 heterocycles. The van der Waals surface area contributed by atoms with E-state index in [0.29, 0.717) is 13.1 Å². The standard InChI is InChI=1S/C22H26N4O2S/c1-4-26(5-2)22(28)19-11-10-18(29-19)13(3)23-21(27)15-12-14(15)20-24-16-8-6-7-9-17(16)25-20/h6-11,13-15H,4-5,12H2,1-3H3,(H,23,27)(H,24,25)/t13-,14+,15+/m1/s1. The van der Waals surface area contributed by atoms with Crippen LogP contribution in [0.15, 0.2) is 36.4 Å². The highest BCUT2D eigenvalue weighted by Crippen LogP contribution is 2.47. The molecule has 0 spiro atoms. The van der Waals surface area contributed by atoms with Gasteiger partial charge in [-0.05, 0) is 51.5 Å². The van der Waals surface area contributed by atoms with E-state index in [4.69, 9.17) is 0 Å². The number of aromatic amines is 1. The van der Waals surface area contributed by atoms with E-state index < -0.39 is 0 Å². The van der Waals surface area contributed by atoms with E-state index in [9.17, 15) is 9.59 Å². The normalized spacial score (nSPS) is 19.1. The van der Waals surface area contributed by atoms with Crippen LogP contribution in [-0.2, 0) is 4.79 Å². The Kier molecular flexibility index (Phi) is 5.41. The zero-order valence-corrected chi connectivity index (χ0v) is 17.8. The maximum absolute atomic E-state index is 12.7. The van der Waals surface area contributed by atoms with Crippen LogP contribution in [0.1, 0.15) is 59.5 Å². The van der Waals surface area contributed by atoms with Gasteiger partial charge in [-0.15, -0.1) is 11.3 Å². The Labute approximate surface area is 174 Å². The van der Waals surface area contributed by atoms with Gasteiger partial charge < -0.3 is 15.2 Å². The summed E-state index contributed by atoms with van der Waals surface area (Å²) in [7, 11) is 0. The molecular weight excluding hydrogens is 384 g/mol. The first-order valence-electron chi connectivity index (χ1n) is 10.2. The summed E-state index contributed by atoms with van der Waals surface area (Å²) in [6.07, 6.45) is 0.814. The van der Waals surface area contributed by atoms with E-state index in [1.54, 1.807) is 4.90 Å². The molecule has 3 atom stereocenters. The predicted molar refractivity (Wildman–Crippen MR) is 115 cm³/mol. The number of rotatable bonds is 7. The highest BCUT2D eigenvalue weighted by molar-refractivity contribution is 7.14. The molecule has 1 aliphatic carbocycles. The van der Waals surface area contributed by atoms with Gasteiger partial charge in [-0.2, -0.15) is 0 Å². The summed E-state index contributed by atoms with van der Waals surface area (Å²) in [6, 6.07) is 11.6. The fourth-order valence-electron chi connectivity index (χ4n) is 3.69. The fraction of sp³-hybridized carbons (Fsp3) is 0.409. The van der Waals surface area contributed by atoms with Crippen LogP contribution in [0.2, 0.25) is 0 Å². The van der Waals surface area contributed by atoms with E-state index in [1.807, 2.05) is 57.2 Å². The third kappa shape index (κ3) is 3.92. The lowest BCUT2D eigenvalue weighted by molar-refractivity contribution is -0.123. The van der Waals surface area contributed by atoms with Crippen molar-refractivity contribution in [2.24, 2.45) is 5.92 Å². The highest BCUT2D eigenvalue weighted by Gasteiger charge is 2.46. The summed E-state index contributed by atoms with van der Waals surface area (Å²) in [6.45, 7) is 7.31. The van der Waals surface area contributed by atoms with E-state index in [0.717, 1.165) is 33.0 Å². The first-order valence-corrected chi connectivity index (χ1v) is 11.0. The molecule has 3 aromatic rings. The molecule has 4 rings (SSSR count). The smallest absolute Gasteiger partial charge is 0.263 e. The molecule has 2 N–H and O–H groups in total. The van der Waals surface area contributed by atoms with Gasteiger partial charge in [-0.25, -0.2) is 4.98 Å². The maximum atomic E-state index is 12.7. The Hall–Kier alpha value is -2.67. The third-order valence-corrected chi connectivity index (χ3v) is 6.82. The topological polar surface area (TPSA) is 78.1 Å². The number of aromatic nitrogens is 2. The molecule has 0 aliphatic heterocycles. The zero-order valence-electron chi connectivity index (χ0n) is 16.9. The molecule has 2 amide bonds. The van der Waals surface area contributed by atoms with Crippen molar-refractivity contribution >= 4 is 34.2 Å². The Morgan fingerprint density at radius 3 is 2.72 bits per heavy atom. The second-order valence-electron chi connectivity index (χ2n) is 7.50. The molecule has 0 saturated heterocycles. The van der Waals surface area contributed by atoms with Crippen LogP contribution in [0, 0.1) is 5.92 Å². The third-order valence-electron chi connectivity index (χ3n) is 5.56. The lowest BCUT2D eigenvalue weighted by atomic mass is 10.2. The Balaban J connectivity index is 1.37. The second-order valence-corrected chi connectivity index (χ2v) is 8.61. The minimum atomic E-state index is -0.123. The van der Waals surface area contributed by atoms with Crippen molar-refractivity contribution in [1.82, 2.24) is 20.2 Å². The molecule has 7 heteroatoms. The van der Waals surface area contributed by atoms with Crippen molar-refractivity contribution in [3.05, 3.63) is 52.0 Å². The summed E-state index contributed by atoms with van der Waals surface area (Å²) in [5, 5.41) is 3.11. The molecule has 2 aromatic heterocycles. The minimum Gasteiger partial charge on any atom is -0.349 e. The number of hydrogen-bond acceptors (Lipinski definition) is 4. The maximum Gasteiger partial charge on any atom is 0.263 e. The van der Waals surface area contributed by atoms with E-state index in [-0.39, 0.29) is 29.7 Å². The van der Waals surface area contributed by atoms with Crippen molar-refractivity contribution in [3.63, 3.8) is 0 Å². The number of H-pyrrole nitrogens is 1. The van der Waals surface area contributed by atoms with Crippen molar-refractivity contribution in [2.45, 2.75) is 39.2 Å².